The summed E-state index contributed by atoms with van der Waals surface area (Å²) in [7, 11) is 0. The molecule has 2 heterocycles. The maximum Gasteiger partial charge on any atom is 0.434 e. The van der Waals surface area contributed by atoms with Crippen molar-refractivity contribution in [3.05, 3.63) is 58.7 Å². The lowest BCUT2D eigenvalue weighted by atomic mass is 10.1. The number of carbonyl (C=O) groups excluding carboxylic acids is 2. The molecule has 2 aromatic heterocycles. The highest BCUT2D eigenvalue weighted by Gasteiger charge is 2.41. The molecule has 188 valence electrons. The summed E-state index contributed by atoms with van der Waals surface area (Å²) in [5.74, 6) is -0.959. The van der Waals surface area contributed by atoms with Gasteiger partial charge in [0, 0.05) is 23.5 Å². The van der Waals surface area contributed by atoms with Gasteiger partial charge in [0.1, 0.15) is 5.56 Å². The second-order valence-corrected chi connectivity index (χ2v) is 8.53. The Hall–Kier alpha value is -3.63. The van der Waals surface area contributed by atoms with Crippen LogP contribution in [0, 0.1) is 19.8 Å². The summed E-state index contributed by atoms with van der Waals surface area (Å²) in [6.45, 7) is 10.1. The van der Waals surface area contributed by atoms with Crippen LogP contribution in [-0.2, 0) is 28.7 Å². The van der Waals surface area contributed by atoms with Gasteiger partial charge in [-0.25, -0.2) is 9.48 Å². The topological polar surface area (TPSA) is 91.0 Å². The van der Waals surface area contributed by atoms with Gasteiger partial charge >= 0.3 is 12.1 Å². The van der Waals surface area contributed by atoms with Crippen LogP contribution in [-0.4, -0.2) is 38.0 Å². The maximum atomic E-state index is 13.7. The molecule has 0 aliphatic rings. The summed E-state index contributed by atoms with van der Waals surface area (Å²) < 4.78 is 48.3. The Morgan fingerprint density at radius 3 is 2.37 bits per heavy atom. The van der Waals surface area contributed by atoms with E-state index in [9.17, 15) is 22.8 Å². The number of hydrogen-bond donors (Lipinski definition) is 1. The fraction of sp³-hybridized carbons (Fsp3) is 0.417. The van der Waals surface area contributed by atoms with Crippen LogP contribution in [0.2, 0.25) is 0 Å². The summed E-state index contributed by atoms with van der Waals surface area (Å²) in [4.78, 5) is 24.6. The second-order valence-electron chi connectivity index (χ2n) is 8.53. The zero-order valence-electron chi connectivity index (χ0n) is 20.2. The van der Waals surface area contributed by atoms with Gasteiger partial charge in [-0.2, -0.15) is 23.4 Å². The number of nitrogens with zero attached hydrogens (tertiary/aromatic N) is 4. The zero-order chi connectivity index (χ0) is 25.9. The highest BCUT2D eigenvalue weighted by Crippen LogP contribution is 2.34. The number of alkyl halides is 3. The number of anilines is 1. The van der Waals surface area contributed by atoms with Crippen LogP contribution >= 0.6 is 0 Å². The lowest BCUT2D eigenvalue weighted by molar-refractivity contribution is -0.143. The molecule has 11 heteroatoms. The molecule has 0 atom stereocenters. The zero-order valence-corrected chi connectivity index (χ0v) is 20.2. The minimum Gasteiger partial charge on any atom is -0.462 e. The summed E-state index contributed by atoms with van der Waals surface area (Å²) in [6, 6.07) is 5.70. The summed E-state index contributed by atoms with van der Waals surface area (Å²) >= 11 is 0. The molecule has 0 radical (unpaired) electrons. The van der Waals surface area contributed by atoms with E-state index in [0.29, 0.717) is 16.3 Å². The Bertz CT molecular complexity index is 1210. The molecule has 1 N–H and O–H groups in total. The van der Waals surface area contributed by atoms with Crippen molar-refractivity contribution in [3.8, 4) is 5.69 Å². The number of aryl methyl sites for hydroxylation is 1. The predicted octanol–water partition coefficient (Wildman–Crippen LogP) is 4.72. The normalized spacial score (nSPS) is 11.7. The van der Waals surface area contributed by atoms with E-state index in [1.807, 2.05) is 18.5 Å². The van der Waals surface area contributed by atoms with Crippen molar-refractivity contribution in [1.82, 2.24) is 19.6 Å². The first-order valence-corrected chi connectivity index (χ1v) is 11.2. The van der Waals surface area contributed by atoms with Crippen LogP contribution in [0.25, 0.3) is 5.69 Å². The molecule has 0 fully saturated rings. The van der Waals surface area contributed by atoms with Crippen molar-refractivity contribution in [2.45, 2.75) is 53.8 Å². The van der Waals surface area contributed by atoms with E-state index < -0.39 is 23.4 Å². The molecule has 0 unspecified atom stereocenters. The smallest absolute Gasteiger partial charge is 0.434 e. The molecule has 0 saturated heterocycles. The van der Waals surface area contributed by atoms with Gasteiger partial charge in [0.05, 0.1) is 30.6 Å². The van der Waals surface area contributed by atoms with Gasteiger partial charge in [-0.15, -0.1) is 0 Å². The minimum atomic E-state index is -4.83. The van der Waals surface area contributed by atoms with E-state index in [1.165, 1.54) is 31.2 Å². The Morgan fingerprint density at radius 1 is 1.14 bits per heavy atom. The number of carbonyl (C=O) groups is 2. The highest BCUT2D eigenvalue weighted by atomic mass is 19.4. The molecule has 0 bridgehead atoms. The van der Waals surface area contributed by atoms with Crippen molar-refractivity contribution in [2.75, 3.05) is 11.9 Å². The van der Waals surface area contributed by atoms with Crippen LogP contribution in [0.3, 0.4) is 0 Å². The number of amides is 1. The first-order chi connectivity index (χ1) is 16.4. The standard InChI is InChI=1S/C24H28F3N5O3/c1-6-35-23(34)20-12-28-32(22(20)24(25,26)27)18-9-7-17(8-10-18)29-21(33)11-19-15(4)30-31(16(19)5)13-14(2)3/h7-10,12,14H,6,11,13H2,1-5H3,(H,29,33). The third-order valence-corrected chi connectivity index (χ3v) is 5.34. The van der Waals surface area contributed by atoms with E-state index in [-0.39, 0.29) is 24.6 Å². The summed E-state index contributed by atoms with van der Waals surface area (Å²) in [5.41, 5.74) is 1.15. The van der Waals surface area contributed by atoms with Gasteiger partial charge < -0.3 is 10.1 Å². The van der Waals surface area contributed by atoms with E-state index >= 15 is 0 Å². The van der Waals surface area contributed by atoms with Gasteiger partial charge in [0.15, 0.2) is 5.69 Å². The molecule has 3 aromatic rings. The molecule has 0 spiro atoms. The second kappa shape index (κ2) is 10.3. The Balaban J connectivity index is 1.78. The number of aromatic nitrogens is 4. The van der Waals surface area contributed by atoms with Crippen molar-refractivity contribution in [2.24, 2.45) is 5.92 Å². The number of rotatable bonds is 8. The van der Waals surface area contributed by atoms with Crippen molar-refractivity contribution < 1.29 is 27.5 Å². The molecular weight excluding hydrogens is 463 g/mol. The van der Waals surface area contributed by atoms with Gasteiger partial charge in [0.2, 0.25) is 5.91 Å². The van der Waals surface area contributed by atoms with E-state index in [2.05, 4.69) is 29.4 Å². The molecule has 35 heavy (non-hydrogen) atoms. The molecular formula is C24H28F3N5O3. The fourth-order valence-corrected chi connectivity index (χ4v) is 3.74. The van der Waals surface area contributed by atoms with Crippen LogP contribution in [0.15, 0.2) is 30.5 Å². The number of benzene rings is 1. The van der Waals surface area contributed by atoms with Gasteiger partial charge in [-0.05, 0) is 51.0 Å². The molecule has 8 nitrogen and oxygen atoms in total. The average Bonchev–Trinajstić information content (AvgIpc) is 3.32. The largest absolute Gasteiger partial charge is 0.462 e. The summed E-state index contributed by atoms with van der Waals surface area (Å²) in [6.07, 6.45) is -3.88. The minimum absolute atomic E-state index is 0.0622. The molecule has 0 saturated carbocycles. The van der Waals surface area contributed by atoms with Gasteiger partial charge in [-0.3, -0.25) is 9.48 Å². The predicted molar refractivity (Wildman–Crippen MR) is 123 cm³/mol. The van der Waals surface area contributed by atoms with Crippen molar-refractivity contribution in [1.29, 1.82) is 0 Å². The van der Waals surface area contributed by atoms with E-state index in [1.54, 1.807) is 0 Å². The van der Waals surface area contributed by atoms with Crippen LogP contribution in [0.4, 0.5) is 18.9 Å². The molecule has 0 aliphatic carbocycles. The van der Waals surface area contributed by atoms with E-state index in [0.717, 1.165) is 29.7 Å². The SMILES string of the molecule is CCOC(=O)c1cnn(-c2ccc(NC(=O)Cc3c(C)nn(CC(C)C)c3C)cc2)c1C(F)(F)F. The average molecular weight is 492 g/mol. The quantitative estimate of drug-likeness (QED) is 0.461. The lowest BCUT2D eigenvalue weighted by Gasteiger charge is -2.13. The fourth-order valence-electron chi connectivity index (χ4n) is 3.74. The van der Waals surface area contributed by atoms with Crippen molar-refractivity contribution >= 4 is 17.6 Å². The Morgan fingerprint density at radius 2 is 1.80 bits per heavy atom. The monoisotopic (exact) mass is 491 g/mol. The Labute approximate surface area is 201 Å². The first kappa shape index (κ1) is 26.0. The highest BCUT2D eigenvalue weighted by molar-refractivity contribution is 5.93. The van der Waals surface area contributed by atoms with Gasteiger partial charge in [0.25, 0.3) is 0 Å². The van der Waals surface area contributed by atoms with Gasteiger partial charge in [-0.1, -0.05) is 13.8 Å². The number of esters is 1. The van der Waals surface area contributed by atoms with E-state index in [4.69, 9.17) is 4.74 Å². The van der Waals surface area contributed by atoms with Crippen molar-refractivity contribution in [3.63, 3.8) is 0 Å². The maximum absolute atomic E-state index is 13.7. The molecule has 1 amide bonds. The number of ether oxygens (including phenoxy) is 1. The molecule has 1 aromatic carbocycles. The summed E-state index contributed by atoms with van der Waals surface area (Å²) in [5, 5.41) is 11.0. The van der Waals surface area contributed by atoms with Crippen LogP contribution in [0.1, 0.15) is 53.8 Å². The lowest BCUT2D eigenvalue weighted by Crippen LogP contribution is -2.18. The number of hydrogen-bond acceptors (Lipinski definition) is 5. The first-order valence-electron chi connectivity index (χ1n) is 11.2. The Kier molecular flexibility index (Phi) is 7.67. The molecule has 3 rings (SSSR count). The van der Waals surface area contributed by atoms with Crippen LogP contribution in [0.5, 0.6) is 0 Å². The third-order valence-electron chi connectivity index (χ3n) is 5.34. The van der Waals surface area contributed by atoms with Crippen LogP contribution < -0.4 is 5.32 Å². The number of halogens is 3. The number of nitrogens with one attached hydrogen (secondary N) is 1. The molecule has 0 aliphatic heterocycles. The third kappa shape index (κ3) is 5.90.